The van der Waals surface area contributed by atoms with Gasteiger partial charge in [-0.2, -0.15) is 0 Å². The summed E-state index contributed by atoms with van der Waals surface area (Å²) in [5.74, 6) is 0.647. The van der Waals surface area contributed by atoms with Gasteiger partial charge in [-0.25, -0.2) is 4.98 Å². The molecule has 0 radical (unpaired) electrons. The van der Waals surface area contributed by atoms with Crippen LogP contribution in [-0.4, -0.2) is 37.6 Å². The number of benzene rings is 1. The fourth-order valence-electron chi connectivity index (χ4n) is 2.26. The van der Waals surface area contributed by atoms with E-state index < -0.39 is 0 Å². The highest BCUT2D eigenvalue weighted by atomic mass is 16.5. The van der Waals surface area contributed by atoms with Gasteiger partial charge in [-0.05, 0) is 25.2 Å². The predicted octanol–water partition coefficient (Wildman–Crippen LogP) is 2.48. The predicted molar refractivity (Wildman–Crippen MR) is 85.4 cm³/mol. The number of rotatable bonds is 7. The maximum Gasteiger partial charge on any atom is 0.212 e. The number of hydrogen-bond acceptors (Lipinski definition) is 4. The Bertz CT molecular complexity index is 525. The van der Waals surface area contributed by atoms with Gasteiger partial charge in [0.05, 0.1) is 7.11 Å². The molecule has 21 heavy (non-hydrogen) atoms. The highest BCUT2D eigenvalue weighted by Crippen LogP contribution is 2.17. The highest BCUT2D eigenvalue weighted by Gasteiger charge is 2.12. The van der Waals surface area contributed by atoms with Crippen molar-refractivity contribution in [1.82, 2.24) is 15.2 Å². The second-order valence-electron chi connectivity index (χ2n) is 5.23. The molecule has 1 atom stereocenters. The van der Waals surface area contributed by atoms with Crippen LogP contribution < -0.4 is 10.1 Å². The Morgan fingerprint density at radius 1 is 1.14 bits per heavy atom. The summed E-state index contributed by atoms with van der Waals surface area (Å²) in [7, 11) is 5.84. The van der Waals surface area contributed by atoms with E-state index >= 15 is 0 Å². The largest absolute Gasteiger partial charge is 0.481 e. The van der Waals surface area contributed by atoms with Crippen LogP contribution in [0.1, 0.15) is 17.2 Å². The van der Waals surface area contributed by atoms with Crippen LogP contribution in [0.5, 0.6) is 5.88 Å². The summed E-state index contributed by atoms with van der Waals surface area (Å²) in [5.41, 5.74) is 2.48. The Kier molecular flexibility index (Phi) is 5.72. The molecule has 0 saturated heterocycles. The lowest BCUT2D eigenvalue weighted by molar-refractivity contribution is 0.288. The average molecular weight is 285 g/mol. The number of likely N-dealkylation sites (N-methyl/N-ethyl adjacent to an activating group) is 1. The minimum absolute atomic E-state index is 0.359. The summed E-state index contributed by atoms with van der Waals surface area (Å²) in [6, 6.07) is 14.8. The number of nitrogens with zero attached hydrogens (tertiary/aromatic N) is 2. The first-order valence-corrected chi connectivity index (χ1v) is 7.11. The van der Waals surface area contributed by atoms with Gasteiger partial charge in [0.2, 0.25) is 5.88 Å². The van der Waals surface area contributed by atoms with Gasteiger partial charge in [0.1, 0.15) is 0 Å². The normalized spacial score (nSPS) is 12.4. The zero-order chi connectivity index (χ0) is 15.1. The molecule has 112 valence electrons. The molecule has 0 aliphatic rings. The zero-order valence-electron chi connectivity index (χ0n) is 12.9. The van der Waals surface area contributed by atoms with Crippen molar-refractivity contribution in [2.45, 2.75) is 12.6 Å². The van der Waals surface area contributed by atoms with Crippen molar-refractivity contribution in [2.24, 2.45) is 0 Å². The molecule has 4 heteroatoms. The Morgan fingerprint density at radius 3 is 2.48 bits per heavy atom. The Labute approximate surface area is 126 Å². The van der Waals surface area contributed by atoms with Crippen LogP contribution in [0.3, 0.4) is 0 Å². The molecule has 0 saturated carbocycles. The maximum absolute atomic E-state index is 5.06. The maximum atomic E-state index is 5.06. The molecule has 0 amide bonds. The summed E-state index contributed by atoms with van der Waals surface area (Å²) in [4.78, 5) is 6.45. The minimum Gasteiger partial charge on any atom is -0.481 e. The first-order chi connectivity index (χ1) is 10.2. The van der Waals surface area contributed by atoms with Crippen molar-refractivity contribution in [1.29, 1.82) is 0 Å². The van der Waals surface area contributed by atoms with Crippen LogP contribution in [-0.2, 0) is 6.54 Å². The van der Waals surface area contributed by atoms with E-state index in [1.807, 2.05) is 24.4 Å². The number of hydrogen-bond donors (Lipinski definition) is 1. The third-order valence-electron chi connectivity index (χ3n) is 3.48. The first kappa shape index (κ1) is 15.5. The number of methoxy groups -OCH3 is 1. The number of aromatic nitrogens is 1. The van der Waals surface area contributed by atoms with Gasteiger partial charge in [0.15, 0.2) is 0 Å². The van der Waals surface area contributed by atoms with Crippen molar-refractivity contribution in [3.8, 4) is 5.88 Å². The minimum atomic E-state index is 0.359. The second kappa shape index (κ2) is 7.76. The Balaban J connectivity index is 1.90. The molecule has 2 aromatic rings. The van der Waals surface area contributed by atoms with Crippen LogP contribution in [0.15, 0.2) is 48.7 Å². The molecule has 1 heterocycles. The van der Waals surface area contributed by atoms with E-state index in [-0.39, 0.29) is 0 Å². The number of nitrogens with one attached hydrogen (secondary N) is 1. The summed E-state index contributed by atoms with van der Waals surface area (Å²) in [5, 5.41) is 3.50. The Hall–Kier alpha value is -1.91. The van der Waals surface area contributed by atoms with Gasteiger partial charge in [0.25, 0.3) is 0 Å². The Morgan fingerprint density at radius 2 is 1.90 bits per heavy atom. The van der Waals surface area contributed by atoms with Gasteiger partial charge >= 0.3 is 0 Å². The van der Waals surface area contributed by atoms with Gasteiger partial charge in [-0.1, -0.05) is 36.4 Å². The second-order valence-corrected chi connectivity index (χ2v) is 5.23. The molecule has 1 N–H and O–H groups in total. The summed E-state index contributed by atoms with van der Waals surface area (Å²) in [6.45, 7) is 1.69. The van der Waals surface area contributed by atoms with Crippen molar-refractivity contribution < 1.29 is 4.74 Å². The van der Waals surface area contributed by atoms with Crippen molar-refractivity contribution >= 4 is 0 Å². The van der Waals surface area contributed by atoms with E-state index in [9.17, 15) is 0 Å². The molecule has 2 rings (SSSR count). The topological polar surface area (TPSA) is 37.4 Å². The monoisotopic (exact) mass is 285 g/mol. The standard InChI is InChI=1S/C17H23N3O/c1-20(2)16(15-7-5-4-6-8-15)13-18-11-14-9-10-17(21-3)19-12-14/h4-10,12,16,18H,11,13H2,1-3H3. The molecule has 0 fully saturated rings. The fourth-order valence-corrected chi connectivity index (χ4v) is 2.26. The van der Waals surface area contributed by atoms with E-state index in [4.69, 9.17) is 4.74 Å². The van der Waals surface area contributed by atoms with E-state index in [1.54, 1.807) is 7.11 Å². The molecule has 1 aromatic heterocycles. The van der Waals surface area contributed by atoms with E-state index in [0.717, 1.165) is 18.7 Å². The molecule has 1 unspecified atom stereocenters. The SMILES string of the molecule is COc1ccc(CNCC(c2ccccc2)N(C)C)cn1. The van der Waals surface area contributed by atoms with Crippen LogP contribution in [0.4, 0.5) is 0 Å². The molecular weight excluding hydrogens is 262 g/mol. The van der Waals surface area contributed by atoms with E-state index in [0.29, 0.717) is 11.9 Å². The number of ether oxygens (including phenoxy) is 1. The smallest absolute Gasteiger partial charge is 0.212 e. The van der Waals surface area contributed by atoms with Crippen LogP contribution in [0.2, 0.25) is 0 Å². The molecule has 0 spiro atoms. The van der Waals surface area contributed by atoms with Crippen LogP contribution in [0.25, 0.3) is 0 Å². The van der Waals surface area contributed by atoms with Gasteiger partial charge in [0, 0.05) is 31.4 Å². The molecule has 4 nitrogen and oxygen atoms in total. The lowest BCUT2D eigenvalue weighted by Crippen LogP contribution is -2.30. The van der Waals surface area contributed by atoms with E-state index in [1.165, 1.54) is 5.56 Å². The van der Waals surface area contributed by atoms with Gasteiger partial charge in [-0.15, -0.1) is 0 Å². The summed E-state index contributed by atoms with van der Waals surface area (Å²) >= 11 is 0. The van der Waals surface area contributed by atoms with Crippen LogP contribution >= 0.6 is 0 Å². The van der Waals surface area contributed by atoms with Crippen LogP contribution in [0, 0.1) is 0 Å². The third-order valence-corrected chi connectivity index (χ3v) is 3.48. The molecule has 0 bridgehead atoms. The molecule has 1 aromatic carbocycles. The highest BCUT2D eigenvalue weighted by molar-refractivity contribution is 5.20. The molecule has 0 aliphatic heterocycles. The fraction of sp³-hybridized carbons (Fsp3) is 0.353. The molecular formula is C17H23N3O. The van der Waals surface area contributed by atoms with E-state index in [2.05, 4.69) is 53.6 Å². The molecule has 0 aliphatic carbocycles. The summed E-state index contributed by atoms with van der Waals surface area (Å²) < 4.78 is 5.06. The van der Waals surface area contributed by atoms with Crippen molar-refractivity contribution in [3.63, 3.8) is 0 Å². The lowest BCUT2D eigenvalue weighted by Gasteiger charge is -2.25. The third kappa shape index (κ3) is 4.55. The van der Waals surface area contributed by atoms with Gasteiger partial charge < -0.3 is 15.0 Å². The van der Waals surface area contributed by atoms with Crippen molar-refractivity contribution in [3.05, 3.63) is 59.8 Å². The van der Waals surface area contributed by atoms with Gasteiger partial charge in [-0.3, -0.25) is 0 Å². The summed E-state index contributed by atoms with van der Waals surface area (Å²) in [6.07, 6.45) is 1.85. The quantitative estimate of drug-likeness (QED) is 0.848. The lowest BCUT2D eigenvalue weighted by atomic mass is 10.1. The average Bonchev–Trinajstić information content (AvgIpc) is 2.52. The zero-order valence-corrected chi connectivity index (χ0v) is 12.9. The van der Waals surface area contributed by atoms with Crippen molar-refractivity contribution in [2.75, 3.05) is 27.7 Å². The number of pyridine rings is 1. The first-order valence-electron chi connectivity index (χ1n) is 7.11.